The van der Waals surface area contributed by atoms with E-state index in [1.54, 1.807) is 6.92 Å². The van der Waals surface area contributed by atoms with Crippen LogP contribution in [0.2, 0.25) is 0 Å². The fourth-order valence-corrected chi connectivity index (χ4v) is 3.78. The smallest absolute Gasteiger partial charge is 0.150 e. The Morgan fingerprint density at radius 3 is 2.52 bits per heavy atom. The number of nitrogens with zero attached hydrogens (tertiary/aromatic N) is 1. The van der Waals surface area contributed by atoms with Crippen molar-refractivity contribution in [2.45, 2.75) is 44.0 Å². The van der Waals surface area contributed by atoms with Gasteiger partial charge in [0.05, 0.1) is 17.1 Å². The summed E-state index contributed by atoms with van der Waals surface area (Å²) in [4.78, 5) is 0. The second-order valence-electron chi connectivity index (χ2n) is 5.57. The molecule has 116 valence electrons. The predicted octanol–water partition coefficient (Wildman–Crippen LogP) is 2.62. The molecule has 0 aromatic heterocycles. The molecule has 1 aliphatic rings. The molecule has 1 aromatic carbocycles. The number of benzene rings is 1. The van der Waals surface area contributed by atoms with Gasteiger partial charge < -0.3 is 9.94 Å². The van der Waals surface area contributed by atoms with Crippen LogP contribution in [0.5, 0.6) is 5.75 Å². The molecular formula is C15H21NO4S. The summed E-state index contributed by atoms with van der Waals surface area (Å²) in [6, 6.07) is 7.27. The van der Waals surface area contributed by atoms with E-state index in [-0.39, 0.29) is 11.4 Å². The lowest BCUT2D eigenvalue weighted by molar-refractivity contribution is 0.156. The van der Waals surface area contributed by atoms with Crippen LogP contribution >= 0.6 is 0 Å². The van der Waals surface area contributed by atoms with Crippen molar-refractivity contribution in [3.63, 3.8) is 0 Å². The molecule has 5 nitrogen and oxygen atoms in total. The van der Waals surface area contributed by atoms with E-state index in [9.17, 15) is 8.42 Å². The zero-order chi connectivity index (χ0) is 15.5. The predicted molar refractivity (Wildman–Crippen MR) is 82.0 cm³/mol. The van der Waals surface area contributed by atoms with Gasteiger partial charge in [0.1, 0.15) is 15.6 Å². The van der Waals surface area contributed by atoms with Gasteiger partial charge in [0.15, 0.2) is 0 Å². The van der Waals surface area contributed by atoms with Crippen LogP contribution in [0.25, 0.3) is 0 Å². The monoisotopic (exact) mass is 311 g/mol. The number of oxime groups is 1. The number of ether oxygens (including phenoxy) is 1. The second kappa shape index (κ2) is 6.47. The first-order valence-electron chi connectivity index (χ1n) is 7.05. The Morgan fingerprint density at radius 1 is 1.29 bits per heavy atom. The molecular weight excluding hydrogens is 290 g/mol. The number of rotatable bonds is 4. The van der Waals surface area contributed by atoms with Crippen molar-refractivity contribution < 1.29 is 18.4 Å². The molecule has 2 atom stereocenters. The molecule has 1 saturated carbocycles. The largest absolute Gasteiger partial charge is 0.490 e. The van der Waals surface area contributed by atoms with E-state index in [1.807, 2.05) is 24.3 Å². The van der Waals surface area contributed by atoms with Gasteiger partial charge in [-0.2, -0.15) is 0 Å². The van der Waals surface area contributed by atoms with Gasteiger partial charge >= 0.3 is 0 Å². The third-order valence-electron chi connectivity index (χ3n) is 3.91. The summed E-state index contributed by atoms with van der Waals surface area (Å²) in [6.45, 7) is 1.72. The second-order valence-corrected chi connectivity index (χ2v) is 7.89. The highest BCUT2D eigenvalue weighted by Crippen LogP contribution is 2.27. The zero-order valence-corrected chi connectivity index (χ0v) is 13.1. The van der Waals surface area contributed by atoms with Crippen LogP contribution in [-0.4, -0.2) is 36.9 Å². The maximum Gasteiger partial charge on any atom is 0.150 e. The normalized spacial score (nSPS) is 23.8. The average Bonchev–Trinajstić information content (AvgIpc) is 2.47. The van der Waals surface area contributed by atoms with Gasteiger partial charge in [-0.1, -0.05) is 5.16 Å². The molecule has 0 bridgehead atoms. The summed E-state index contributed by atoms with van der Waals surface area (Å²) < 4.78 is 29.2. The highest BCUT2D eigenvalue weighted by Gasteiger charge is 2.29. The fourth-order valence-electron chi connectivity index (χ4n) is 2.62. The maximum absolute atomic E-state index is 11.6. The minimum absolute atomic E-state index is 0.0584. The molecule has 6 heteroatoms. The first-order valence-corrected chi connectivity index (χ1v) is 9.00. The Labute approximate surface area is 125 Å². The molecule has 2 rings (SSSR count). The summed E-state index contributed by atoms with van der Waals surface area (Å²) in [5, 5.41) is 11.6. The molecule has 0 aliphatic heterocycles. The third kappa shape index (κ3) is 4.20. The van der Waals surface area contributed by atoms with E-state index in [2.05, 4.69) is 5.16 Å². The van der Waals surface area contributed by atoms with Crippen LogP contribution < -0.4 is 4.74 Å². The Hall–Kier alpha value is -1.56. The van der Waals surface area contributed by atoms with Gasteiger partial charge in [0, 0.05) is 12.7 Å². The van der Waals surface area contributed by atoms with Crippen molar-refractivity contribution in [3.8, 4) is 5.75 Å². The Balaban J connectivity index is 2.01. The molecule has 1 aliphatic carbocycles. The highest BCUT2D eigenvalue weighted by molar-refractivity contribution is 7.91. The lowest BCUT2D eigenvalue weighted by Crippen LogP contribution is -2.33. The van der Waals surface area contributed by atoms with Gasteiger partial charge in [-0.05, 0) is 56.0 Å². The Morgan fingerprint density at radius 2 is 1.95 bits per heavy atom. The average molecular weight is 311 g/mol. The molecule has 1 aromatic rings. The number of hydrogen-bond acceptors (Lipinski definition) is 5. The van der Waals surface area contributed by atoms with Gasteiger partial charge in [0.2, 0.25) is 0 Å². The Bertz CT molecular complexity index is 607. The molecule has 2 unspecified atom stereocenters. The van der Waals surface area contributed by atoms with Crippen LogP contribution in [0.3, 0.4) is 0 Å². The Kier molecular flexibility index (Phi) is 4.88. The standard InChI is InChI=1S/C15H21NO4S/c1-11(16-17)12-6-8-13(9-7-12)20-14-4-3-5-15(10-14)21(2,18)19/h6-9,14-15,17H,3-5,10H2,1-2H3/b16-11-. The van der Waals surface area contributed by atoms with Gasteiger partial charge in [-0.15, -0.1) is 0 Å². The first kappa shape index (κ1) is 15.8. The van der Waals surface area contributed by atoms with Crippen LogP contribution in [0, 0.1) is 0 Å². The van der Waals surface area contributed by atoms with Crippen LogP contribution in [0.1, 0.15) is 38.2 Å². The first-order chi connectivity index (χ1) is 9.90. The fraction of sp³-hybridized carbons (Fsp3) is 0.533. The highest BCUT2D eigenvalue weighted by atomic mass is 32.2. The lowest BCUT2D eigenvalue weighted by atomic mass is 9.97. The van der Waals surface area contributed by atoms with Crippen molar-refractivity contribution in [2.24, 2.45) is 5.16 Å². The van der Waals surface area contributed by atoms with Gasteiger partial charge in [-0.3, -0.25) is 0 Å². The van der Waals surface area contributed by atoms with Crippen molar-refractivity contribution in [1.29, 1.82) is 0 Å². The number of sulfone groups is 1. The van der Waals surface area contributed by atoms with Gasteiger partial charge in [-0.25, -0.2) is 8.42 Å². The SMILES string of the molecule is C/C(=N/O)c1ccc(OC2CCCC(S(C)(=O)=O)C2)cc1. The van der Waals surface area contributed by atoms with E-state index >= 15 is 0 Å². The van der Waals surface area contributed by atoms with E-state index < -0.39 is 9.84 Å². The summed E-state index contributed by atoms with van der Waals surface area (Å²) in [5.74, 6) is 0.712. The molecule has 21 heavy (non-hydrogen) atoms. The van der Waals surface area contributed by atoms with Crippen molar-refractivity contribution in [2.75, 3.05) is 6.26 Å². The van der Waals surface area contributed by atoms with E-state index in [0.29, 0.717) is 17.9 Å². The molecule has 1 N–H and O–H groups in total. The molecule has 0 heterocycles. The third-order valence-corrected chi connectivity index (χ3v) is 5.55. The number of hydrogen-bond donors (Lipinski definition) is 1. The van der Waals surface area contributed by atoms with Crippen LogP contribution in [-0.2, 0) is 9.84 Å². The van der Waals surface area contributed by atoms with E-state index in [1.165, 1.54) is 6.26 Å². The molecule has 0 amide bonds. The molecule has 0 radical (unpaired) electrons. The lowest BCUT2D eigenvalue weighted by Gasteiger charge is -2.28. The van der Waals surface area contributed by atoms with Crippen molar-refractivity contribution in [1.82, 2.24) is 0 Å². The maximum atomic E-state index is 11.6. The molecule has 0 spiro atoms. The minimum Gasteiger partial charge on any atom is -0.490 e. The topological polar surface area (TPSA) is 76.0 Å². The zero-order valence-electron chi connectivity index (χ0n) is 12.3. The summed E-state index contributed by atoms with van der Waals surface area (Å²) in [6.07, 6.45) is 4.27. The quantitative estimate of drug-likeness (QED) is 0.527. The molecule has 1 fully saturated rings. The summed E-state index contributed by atoms with van der Waals surface area (Å²) in [5.41, 5.74) is 1.36. The van der Waals surface area contributed by atoms with E-state index in [4.69, 9.17) is 9.94 Å². The summed E-state index contributed by atoms with van der Waals surface area (Å²) >= 11 is 0. The van der Waals surface area contributed by atoms with Crippen LogP contribution in [0.15, 0.2) is 29.4 Å². The van der Waals surface area contributed by atoms with Gasteiger partial charge in [0.25, 0.3) is 0 Å². The van der Waals surface area contributed by atoms with E-state index in [0.717, 1.165) is 24.8 Å². The summed E-state index contributed by atoms with van der Waals surface area (Å²) in [7, 11) is -3.00. The minimum atomic E-state index is -3.00. The van der Waals surface area contributed by atoms with Crippen LogP contribution in [0.4, 0.5) is 0 Å². The molecule has 0 saturated heterocycles. The van der Waals surface area contributed by atoms with Crippen molar-refractivity contribution >= 4 is 15.5 Å². The van der Waals surface area contributed by atoms with Crippen molar-refractivity contribution in [3.05, 3.63) is 29.8 Å².